The highest BCUT2D eigenvalue weighted by atomic mass is 32.2. The van der Waals surface area contributed by atoms with E-state index in [2.05, 4.69) is 15.6 Å². The largest absolute Gasteiger partial charge is 0.388 e. The van der Waals surface area contributed by atoms with Gasteiger partial charge >= 0.3 is 0 Å². The van der Waals surface area contributed by atoms with Crippen LogP contribution in [0.3, 0.4) is 0 Å². The van der Waals surface area contributed by atoms with E-state index in [4.69, 9.17) is 4.74 Å². The van der Waals surface area contributed by atoms with Crippen molar-refractivity contribution in [1.29, 1.82) is 0 Å². The minimum Gasteiger partial charge on any atom is -0.388 e. The SMILES string of the molecule is Cc1csc(SCC(=O)N[C@@]2(C)CC3(CCNCC3)OC[C@@H]2O)n1. The summed E-state index contributed by atoms with van der Waals surface area (Å²) >= 11 is 2.99. The van der Waals surface area contributed by atoms with Crippen LogP contribution in [0.4, 0.5) is 0 Å². The lowest BCUT2D eigenvalue weighted by atomic mass is 9.75. The molecule has 3 N–H and O–H groups in total. The number of aryl methyl sites for hydroxylation is 1. The van der Waals surface area contributed by atoms with Crippen LogP contribution in [0.1, 0.15) is 31.9 Å². The van der Waals surface area contributed by atoms with E-state index < -0.39 is 11.6 Å². The Morgan fingerprint density at radius 2 is 2.33 bits per heavy atom. The summed E-state index contributed by atoms with van der Waals surface area (Å²) in [5.74, 6) is 0.241. The molecule has 3 heterocycles. The topological polar surface area (TPSA) is 83.5 Å². The molecule has 0 aliphatic carbocycles. The van der Waals surface area contributed by atoms with Crippen molar-refractivity contribution in [1.82, 2.24) is 15.6 Å². The minimum atomic E-state index is -0.686. The van der Waals surface area contributed by atoms with Gasteiger partial charge < -0.3 is 20.5 Å². The van der Waals surface area contributed by atoms with Gasteiger partial charge in [-0.15, -0.1) is 11.3 Å². The normalized spacial score (nSPS) is 29.5. The molecule has 2 aliphatic rings. The van der Waals surface area contributed by atoms with E-state index in [-0.39, 0.29) is 18.1 Å². The van der Waals surface area contributed by atoms with Crippen molar-refractivity contribution in [3.05, 3.63) is 11.1 Å². The number of ether oxygens (including phenoxy) is 1. The van der Waals surface area contributed by atoms with Gasteiger partial charge in [-0.05, 0) is 39.8 Å². The van der Waals surface area contributed by atoms with Gasteiger partial charge in [0.15, 0.2) is 4.34 Å². The van der Waals surface area contributed by atoms with Crippen LogP contribution in [0.2, 0.25) is 0 Å². The number of amides is 1. The molecular weight excluding hydrogens is 346 g/mol. The highest BCUT2D eigenvalue weighted by Crippen LogP contribution is 2.38. The van der Waals surface area contributed by atoms with Crippen molar-refractivity contribution in [3.8, 4) is 0 Å². The van der Waals surface area contributed by atoms with Gasteiger partial charge in [-0.3, -0.25) is 4.79 Å². The fraction of sp³-hybridized carbons (Fsp3) is 0.750. The number of thiazole rings is 1. The molecule has 2 saturated heterocycles. The first-order valence-corrected chi connectivity index (χ1v) is 10.2. The summed E-state index contributed by atoms with van der Waals surface area (Å²) in [6.45, 7) is 5.98. The standard InChI is InChI=1S/C16H25N3O3S2/c1-11-8-23-14(18-11)24-9-13(21)19-15(2)10-16(22-7-12(15)20)3-5-17-6-4-16/h8,12,17,20H,3-7,9-10H2,1-2H3,(H,19,21)/t12-,15-/m0/s1. The molecule has 2 atom stereocenters. The summed E-state index contributed by atoms with van der Waals surface area (Å²) in [4.78, 5) is 16.7. The van der Waals surface area contributed by atoms with Crippen molar-refractivity contribution in [2.24, 2.45) is 0 Å². The number of aromatic nitrogens is 1. The summed E-state index contributed by atoms with van der Waals surface area (Å²) in [6, 6.07) is 0. The Kier molecular flexibility index (Phi) is 5.51. The molecule has 2 aliphatic heterocycles. The number of carbonyl (C=O) groups is 1. The molecule has 0 unspecified atom stereocenters. The molecule has 3 rings (SSSR count). The molecule has 1 aromatic heterocycles. The maximum absolute atomic E-state index is 12.4. The first-order chi connectivity index (χ1) is 11.4. The highest BCUT2D eigenvalue weighted by Gasteiger charge is 2.49. The van der Waals surface area contributed by atoms with E-state index >= 15 is 0 Å². The second-order valence-electron chi connectivity index (χ2n) is 6.95. The van der Waals surface area contributed by atoms with Crippen LogP contribution in [0.25, 0.3) is 0 Å². The molecule has 134 valence electrons. The highest BCUT2D eigenvalue weighted by molar-refractivity contribution is 8.01. The van der Waals surface area contributed by atoms with E-state index in [1.807, 2.05) is 19.2 Å². The van der Waals surface area contributed by atoms with Crippen LogP contribution in [0.5, 0.6) is 0 Å². The number of carbonyl (C=O) groups excluding carboxylic acids is 1. The quantitative estimate of drug-likeness (QED) is 0.693. The zero-order valence-electron chi connectivity index (χ0n) is 14.1. The molecule has 24 heavy (non-hydrogen) atoms. The molecule has 1 aromatic rings. The lowest BCUT2D eigenvalue weighted by Crippen LogP contribution is -2.65. The molecule has 1 spiro atoms. The third-order valence-corrected chi connectivity index (χ3v) is 6.98. The molecule has 2 fully saturated rings. The average molecular weight is 372 g/mol. The van der Waals surface area contributed by atoms with Crippen molar-refractivity contribution in [2.45, 2.75) is 54.7 Å². The number of thioether (sulfide) groups is 1. The molecule has 6 nitrogen and oxygen atoms in total. The summed E-state index contributed by atoms with van der Waals surface area (Å²) < 4.78 is 6.87. The summed E-state index contributed by atoms with van der Waals surface area (Å²) in [5, 5.41) is 18.8. The number of nitrogens with one attached hydrogen (secondary N) is 2. The number of hydrogen-bond acceptors (Lipinski definition) is 7. The van der Waals surface area contributed by atoms with Crippen LogP contribution in [-0.2, 0) is 9.53 Å². The summed E-state index contributed by atoms with van der Waals surface area (Å²) in [6.07, 6.45) is 1.79. The van der Waals surface area contributed by atoms with Crippen LogP contribution in [0, 0.1) is 6.92 Å². The molecule has 0 saturated carbocycles. The van der Waals surface area contributed by atoms with Gasteiger partial charge in [0.2, 0.25) is 5.91 Å². The van der Waals surface area contributed by atoms with Crippen LogP contribution in [0.15, 0.2) is 9.72 Å². The Bertz CT molecular complexity index is 589. The third kappa shape index (κ3) is 4.11. The Morgan fingerprint density at radius 1 is 1.58 bits per heavy atom. The van der Waals surface area contributed by atoms with Crippen molar-refractivity contribution in [3.63, 3.8) is 0 Å². The molecule has 1 amide bonds. The van der Waals surface area contributed by atoms with Crippen molar-refractivity contribution < 1.29 is 14.6 Å². The summed E-state index contributed by atoms with van der Waals surface area (Å²) in [7, 11) is 0. The maximum atomic E-state index is 12.4. The second-order valence-corrected chi connectivity index (χ2v) is 9.03. The van der Waals surface area contributed by atoms with Gasteiger partial charge in [-0.1, -0.05) is 11.8 Å². The molecular formula is C16H25N3O3S2. The Morgan fingerprint density at radius 3 is 3.00 bits per heavy atom. The van der Waals surface area contributed by atoms with E-state index in [0.29, 0.717) is 12.2 Å². The number of hydrogen-bond donors (Lipinski definition) is 3. The van der Waals surface area contributed by atoms with Crippen molar-refractivity contribution in [2.75, 3.05) is 25.4 Å². The van der Waals surface area contributed by atoms with Gasteiger partial charge in [-0.2, -0.15) is 0 Å². The Labute approximate surface area is 150 Å². The first-order valence-electron chi connectivity index (χ1n) is 8.30. The first kappa shape index (κ1) is 18.1. The second kappa shape index (κ2) is 7.29. The fourth-order valence-corrected chi connectivity index (χ4v) is 5.14. The van der Waals surface area contributed by atoms with E-state index in [1.165, 1.54) is 11.8 Å². The van der Waals surface area contributed by atoms with Gasteiger partial charge in [-0.25, -0.2) is 4.98 Å². The van der Waals surface area contributed by atoms with Crippen LogP contribution < -0.4 is 10.6 Å². The predicted molar refractivity (Wildman–Crippen MR) is 95.5 cm³/mol. The molecule has 8 heteroatoms. The Balaban J connectivity index is 1.59. The lowest BCUT2D eigenvalue weighted by molar-refractivity contribution is -0.173. The number of nitrogens with zero attached hydrogens (tertiary/aromatic N) is 1. The average Bonchev–Trinajstić information content (AvgIpc) is 2.96. The van der Waals surface area contributed by atoms with Gasteiger partial charge in [0.25, 0.3) is 0 Å². The zero-order chi connectivity index (χ0) is 17.2. The molecule has 0 radical (unpaired) electrons. The van der Waals surface area contributed by atoms with Gasteiger partial charge in [0.1, 0.15) is 6.10 Å². The molecule has 0 aromatic carbocycles. The third-order valence-electron chi connectivity index (χ3n) is 4.84. The predicted octanol–water partition coefficient (Wildman–Crippen LogP) is 1.32. The van der Waals surface area contributed by atoms with Crippen LogP contribution >= 0.6 is 23.1 Å². The smallest absolute Gasteiger partial charge is 0.230 e. The Hall–Kier alpha value is -0.670. The fourth-order valence-electron chi connectivity index (χ4n) is 3.49. The van der Waals surface area contributed by atoms with Crippen LogP contribution in [-0.4, -0.2) is 58.7 Å². The van der Waals surface area contributed by atoms with E-state index in [9.17, 15) is 9.90 Å². The molecule has 0 bridgehead atoms. The maximum Gasteiger partial charge on any atom is 0.230 e. The number of aliphatic hydroxyl groups is 1. The minimum absolute atomic E-state index is 0.0691. The zero-order valence-corrected chi connectivity index (χ0v) is 15.8. The van der Waals surface area contributed by atoms with Crippen molar-refractivity contribution >= 4 is 29.0 Å². The van der Waals surface area contributed by atoms with E-state index in [0.717, 1.165) is 36.0 Å². The number of aliphatic hydroxyl groups excluding tert-OH is 1. The van der Waals surface area contributed by atoms with Gasteiger partial charge in [0.05, 0.1) is 23.5 Å². The number of rotatable bonds is 4. The lowest BCUT2D eigenvalue weighted by Gasteiger charge is -2.50. The van der Waals surface area contributed by atoms with Gasteiger partial charge in [0, 0.05) is 17.5 Å². The van der Waals surface area contributed by atoms with E-state index in [1.54, 1.807) is 11.3 Å². The monoisotopic (exact) mass is 371 g/mol. The number of piperidine rings is 1. The summed E-state index contributed by atoms with van der Waals surface area (Å²) in [5.41, 5.74) is 0.0977.